The summed E-state index contributed by atoms with van der Waals surface area (Å²) < 4.78 is 11.6. The molecule has 0 aromatic carbocycles. The van der Waals surface area contributed by atoms with Crippen LogP contribution in [0.3, 0.4) is 0 Å². The lowest BCUT2D eigenvalue weighted by molar-refractivity contribution is -0.136. The second-order valence-corrected chi connectivity index (χ2v) is 5.53. The Morgan fingerprint density at radius 3 is 2.31 bits per heavy atom. The van der Waals surface area contributed by atoms with Gasteiger partial charge in [-0.05, 0) is 20.3 Å². The van der Waals surface area contributed by atoms with E-state index >= 15 is 0 Å². The summed E-state index contributed by atoms with van der Waals surface area (Å²) in [5, 5.41) is 10.6. The molecule has 94 valence electrons. The van der Waals surface area contributed by atoms with Gasteiger partial charge in [-0.3, -0.25) is 13.8 Å². The van der Waals surface area contributed by atoms with Crippen LogP contribution in [0.1, 0.15) is 33.6 Å². The van der Waals surface area contributed by atoms with E-state index in [9.17, 15) is 13.8 Å². The van der Waals surface area contributed by atoms with Gasteiger partial charge in [0.25, 0.3) is 0 Å². The van der Waals surface area contributed by atoms with Crippen molar-refractivity contribution in [3.05, 3.63) is 0 Å². The highest BCUT2D eigenvalue weighted by Crippen LogP contribution is 2.04. The SMILES string of the molecule is CCC(C(=O)O)S(=O)CCC(=O)NC(C)C. The summed E-state index contributed by atoms with van der Waals surface area (Å²) in [6.07, 6.45) is 0.419. The number of amides is 1. The Kier molecular flexibility index (Phi) is 6.96. The van der Waals surface area contributed by atoms with Crippen LogP contribution in [0, 0.1) is 0 Å². The number of carbonyl (C=O) groups excluding carboxylic acids is 1. The quantitative estimate of drug-likeness (QED) is 0.688. The molecule has 5 nitrogen and oxygen atoms in total. The van der Waals surface area contributed by atoms with Gasteiger partial charge < -0.3 is 10.4 Å². The third kappa shape index (κ3) is 5.85. The highest BCUT2D eigenvalue weighted by atomic mass is 32.2. The zero-order valence-corrected chi connectivity index (χ0v) is 10.7. The van der Waals surface area contributed by atoms with Crippen molar-refractivity contribution < 1.29 is 18.9 Å². The smallest absolute Gasteiger partial charge is 0.319 e. The average molecular weight is 249 g/mol. The Bertz CT molecular complexity index is 278. The number of carboxylic acid groups (broad SMARTS) is 1. The Labute approximate surface area is 98.1 Å². The first kappa shape index (κ1) is 15.1. The average Bonchev–Trinajstić information content (AvgIpc) is 2.14. The fourth-order valence-corrected chi connectivity index (χ4v) is 2.47. The first-order chi connectivity index (χ1) is 7.38. The normalized spacial score (nSPS) is 14.5. The molecule has 0 fully saturated rings. The molecule has 0 radical (unpaired) electrons. The molecule has 2 unspecified atom stereocenters. The largest absolute Gasteiger partial charge is 0.480 e. The van der Waals surface area contributed by atoms with Crippen molar-refractivity contribution in [3.8, 4) is 0 Å². The Balaban J connectivity index is 4.06. The zero-order valence-electron chi connectivity index (χ0n) is 9.86. The second kappa shape index (κ2) is 7.38. The van der Waals surface area contributed by atoms with E-state index in [1.165, 1.54) is 0 Å². The van der Waals surface area contributed by atoms with Crippen molar-refractivity contribution in [2.45, 2.75) is 44.9 Å². The van der Waals surface area contributed by atoms with E-state index in [1.807, 2.05) is 13.8 Å². The predicted octanol–water partition coefficient (Wildman–Crippen LogP) is 0.513. The topological polar surface area (TPSA) is 83.5 Å². The minimum Gasteiger partial charge on any atom is -0.480 e. The van der Waals surface area contributed by atoms with E-state index in [-0.39, 0.29) is 24.1 Å². The molecule has 0 saturated heterocycles. The molecule has 0 aliphatic carbocycles. The summed E-state index contributed by atoms with van der Waals surface area (Å²) >= 11 is 0. The van der Waals surface area contributed by atoms with E-state index in [2.05, 4.69) is 5.32 Å². The maximum absolute atomic E-state index is 11.6. The third-order valence-electron chi connectivity index (χ3n) is 1.94. The van der Waals surface area contributed by atoms with Crippen molar-refractivity contribution in [2.75, 3.05) is 5.75 Å². The van der Waals surface area contributed by atoms with E-state index in [4.69, 9.17) is 5.11 Å². The number of hydrogen-bond donors (Lipinski definition) is 2. The predicted molar refractivity (Wildman–Crippen MR) is 62.6 cm³/mol. The van der Waals surface area contributed by atoms with Crippen molar-refractivity contribution in [3.63, 3.8) is 0 Å². The fraction of sp³-hybridized carbons (Fsp3) is 0.800. The van der Waals surface area contributed by atoms with Crippen LogP contribution in [0.25, 0.3) is 0 Å². The summed E-state index contributed by atoms with van der Waals surface area (Å²) in [6.45, 7) is 5.34. The molecule has 0 aliphatic heterocycles. The van der Waals surface area contributed by atoms with Crippen molar-refractivity contribution in [1.82, 2.24) is 5.32 Å². The molecule has 2 atom stereocenters. The molecule has 6 heteroatoms. The molecule has 0 aliphatic rings. The molecular weight excluding hydrogens is 230 g/mol. The minimum absolute atomic E-state index is 0.0439. The minimum atomic E-state index is -1.48. The van der Waals surface area contributed by atoms with Gasteiger partial charge in [-0.15, -0.1) is 0 Å². The Morgan fingerprint density at radius 1 is 1.38 bits per heavy atom. The van der Waals surface area contributed by atoms with Crippen LogP contribution in [0.2, 0.25) is 0 Å². The molecule has 0 rings (SSSR count). The monoisotopic (exact) mass is 249 g/mol. The number of carbonyl (C=O) groups is 2. The maximum atomic E-state index is 11.6. The van der Waals surface area contributed by atoms with E-state index in [0.717, 1.165) is 0 Å². The first-order valence-electron chi connectivity index (χ1n) is 5.27. The Morgan fingerprint density at radius 2 is 1.94 bits per heavy atom. The number of hydrogen-bond acceptors (Lipinski definition) is 3. The molecule has 16 heavy (non-hydrogen) atoms. The third-order valence-corrected chi connectivity index (χ3v) is 3.72. The highest BCUT2D eigenvalue weighted by molar-refractivity contribution is 7.86. The van der Waals surface area contributed by atoms with Crippen LogP contribution in [-0.4, -0.2) is 38.2 Å². The van der Waals surface area contributed by atoms with Gasteiger partial charge in [0.2, 0.25) is 5.91 Å². The maximum Gasteiger partial charge on any atom is 0.319 e. The zero-order chi connectivity index (χ0) is 12.7. The highest BCUT2D eigenvalue weighted by Gasteiger charge is 2.22. The summed E-state index contributed by atoms with van der Waals surface area (Å²) in [5.41, 5.74) is 0. The van der Waals surface area contributed by atoms with E-state index in [1.54, 1.807) is 6.92 Å². The summed E-state index contributed by atoms with van der Waals surface area (Å²) in [7, 11) is -1.48. The second-order valence-electron chi connectivity index (χ2n) is 3.79. The van der Waals surface area contributed by atoms with Crippen LogP contribution < -0.4 is 5.32 Å². The van der Waals surface area contributed by atoms with Gasteiger partial charge in [0, 0.05) is 29.0 Å². The fourth-order valence-electron chi connectivity index (χ4n) is 1.20. The molecule has 0 saturated carbocycles. The van der Waals surface area contributed by atoms with Crippen molar-refractivity contribution in [2.24, 2.45) is 0 Å². The van der Waals surface area contributed by atoms with Gasteiger partial charge in [0.15, 0.2) is 0 Å². The van der Waals surface area contributed by atoms with Gasteiger partial charge in [-0.2, -0.15) is 0 Å². The Hall–Kier alpha value is -0.910. The molecule has 0 heterocycles. The summed E-state index contributed by atoms with van der Waals surface area (Å²) in [5.74, 6) is -1.16. The molecule has 1 amide bonds. The van der Waals surface area contributed by atoms with Gasteiger partial charge in [0.05, 0.1) is 0 Å². The lowest BCUT2D eigenvalue weighted by Gasteiger charge is -2.11. The molecule has 0 aromatic rings. The van der Waals surface area contributed by atoms with E-state index < -0.39 is 22.0 Å². The van der Waals surface area contributed by atoms with E-state index in [0.29, 0.717) is 6.42 Å². The van der Waals surface area contributed by atoms with Crippen LogP contribution in [0.5, 0.6) is 0 Å². The molecule has 0 bridgehead atoms. The summed E-state index contributed by atoms with van der Waals surface area (Å²) in [6, 6.07) is 0.0439. The van der Waals surface area contributed by atoms with Crippen molar-refractivity contribution >= 4 is 22.7 Å². The van der Waals surface area contributed by atoms with Crippen LogP contribution in [0.4, 0.5) is 0 Å². The molecule has 2 N–H and O–H groups in total. The summed E-state index contributed by atoms with van der Waals surface area (Å²) in [4.78, 5) is 21.9. The lowest BCUT2D eigenvalue weighted by Crippen LogP contribution is -2.33. The van der Waals surface area contributed by atoms with Crippen molar-refractivity contribution in [1.29, 1.82) is 0 Å². The molecule has 0 aromatic heterocycles. The number of rotatable bonds is 7. The van der Waals surface area contributed by atoms with Gasteiger partial charge in [0.1, 0.15) is 5.25 Å². The molecular formula is C10H19NO4S. The number of carboxylic acids is 1. The van der Waals surface area contributed by atoms with Crippen LogP contribution in [0.15, 0.2) is 0 Å². The lowest BCUT2D eigenvalue weighted by atomic mass is 10.3. The van der Waals surface area contributed by atoms with Crippen LogP contribution >= 0.6 is 0 Å². The number of nitrogens with one attached hydrogen (secondary N) is 1. The van der Waals surface area contributed by atoms with Gasteiger partial charge in [-0.25, -0.2) is 0 Å². The first-order valence-corrected chi connectivity index (χ1v) is 6.66. The van der Waals surface area contributed by atoms with Gasteiger partial charge >= 0.3 is 5.97 Å². The van der Waals surface area contributed by atoms with Crippen LogP contribution in [-0.2, 0) is 20.4 Å². The number of aliphatic carboxylic acids is 1. The standard InChI is InChI=1S/C10H19NO4S/c1-4-8(10(13)14)16(15)6-5-9(12)11-7(2)3/h7-8H,4-6H2,1-3H3,(H,11,12)(H,13,14). The molecule has 0 spiro atoms. The van der Waals surface area contributed by atoms with Gasteiger partial charge in [-0.1, -0.05) is 6.92 Å².